The predicted octanol–water partition coefficient (Wildman–Crippen LogP) is 3.09. The zero-order valence-corrected chi connectivity index (χ0v) is 7.02. The molecule has 0 heterocycles. The maximum absolute atomic E-state index is 12.7. The monoisotopic (exact) mass is 152 g/mol. The van der Waals surface area contributed by atoms with Gasteiger partial charge >= 0.3 is 0 Å². The number of aryl methyl sites for hydroxylation is 2. The van der Waals surface area contributed by atoms with Crippen molar-refractivity contribution in [2.75, 3.05) is 0 Å². The summed E-state index contributed by atoms with van der Waals surface area (Å²) in [6, 6.07) is 5.31. The second-order valence-corrected chi connectivity index (χ2v) is 2.83. The molecule has 0 aromatic heterocycles. The van der Waals surface area contributed by atoms with Crippen molar-refractivity contribution in [3.8, 4) is 0 Å². The van der Waals surface area contributed by atoms with Crippen LogP contribution >= 0.6 is 0 Å². The second kappa shape index (κ2) is 3.51. The fraction of sp³-hybridized carbons (Fsp3) is 0.400. The quantitative estimate of drug-likeness (QED) is 0.611. The SMILES string of the molecule is CCCc1ccc(F)c(C)c1. The van der Waals surface area contributed by atoms with E-state index in [9.17, 15) is 4.39 Å². The molecule has 1 rings (SSSR count). The summed E-state index contributed by atoms with van der Waals surface area (Å²) in [7, 11) is 0. The summed E-state index contributed by atoms with van der Waals surface area (Å²) in [6.07, 6.45) is 2.16. The summed E-state index contributed by atoms with van der Waals surface area (Å²) < 4.78 is 12.7. The van der Waals surface area contributed by atoms with Gasteiger partial charge in [0.05, 0.1) is 0 Å². The number of rotatable bonds is 2. The van der Waals surface area contributed by atoms with Gasteiger partial charge in [0.25, 0.3) is 0 Å². The van der Waals surface area contributed by atoms with E-state index in [4.69, 9.17) is 0 Å². The van der Waals surface area contributed by atoms with E-state index >= 15 is 0 Å². The van der Waals surface area contributed by atoms with Crippen molar-refractivity contribution >= 4 is 0 Å². The summed E-state index contributed by atoms with van der Waals surface area (Å²) in [6.45, 7) is 3.92. The minimum absolute atomic E-state index is 0.107. The molecule has 0 atom stereocenters. The van der Waals surface area contributed by atoms with Crippen molar-refractivity contribution in [3.63, 3.8) is 0 Å². The molecule has 0 amide bonds. The van der Waals surface area contributed by atoms with Crippen LogP contribution in [0.2, 0.25) is 0 Å². The summed E-state index contributed by atoms with van der Waals surface area (Å²) in [5.74, 6) is -0.107. The molecule has 0 saturated heterocycles. The number of halogens is 1. The van der Waals surface area contributed by atoms with Crippen LogP contribution in [0.1, 0.15) is 24.5 Å². The maximum Gasteiger partial charge on any atom is 0.126 e. The molecule has 0 spiro atoms. The van der Waals surface area contributed by atoms with Crippen LogP contribution < -0.4 is 0 Å². The molecule has 1 aromatic carbocycles. The first-order chi connectivity index (χ1) is 5.24. The van der Waals surface area contributed by atoms with Gasteiger partial charge in [0.2, 0.25) is 0 Å². The molecule has 60 valence electrons. The third-order valence-electron chi connectivity index (χ3n) is 1.76. The Hall–Kier alpha value is -0.850. The first-order valence-electron chi connectivity index (χ1n) is 3.99. The molecule has 0 bridgehead atoms. The number of hydrogen-bond acceptors (Lipinski definition) is 0. The standard InChI is InChI=1S/C10H13F/c1-3-4-9-5-6-10(11)8(2)7-9/h5-7H,3-4H2,1-2H3. The van der Waals surface area contributed by atoms with Crippen LogP contribution in [0, 0.1) is 12.7 Å². The highest BCUT2D eigenvalue weighted by Crippen LogP contribution is 2.10. The van der Waals surface area contributed by atoms with Crippen LogP contribution in [0.4, 0.5) is 4.39 Å². The van der Waals surface area contributed by atoms with E-state index in [1.807, 2.05) is 12.1 Å². The average molecular weight is 152 g/mol. The molecule has 0 aliphatic heterocycles. The Morgan fingerprint density at radius 3 is 2.64 bits per heavy atom. The molecule has 0 radical (unpaired) electrons. The molecule has 0 saturated carbocycles. The van der Waals surface area contributed by atoms with E-state index in [-0.39, 0.29) is 5.82 Å². The smallest absolute Gasteiger partial charge is 0.126 e. The van der Waals surface area contributed by atoms with Crippen LogP contribution in [0.15, 0.2) is 18.2 Å². The van der Waals surface area contributed by atoms with Crippen LogP contribution in [0.25, 0.3) is 0 Å². The van der Waals surface area contributed by atoms with Crippen molar-refractivity contribution in [3.05, 3.63) is 35.1 Å². The molecular formula is C10H13F. The zero-order valence-electron chi connectivity index (χ0n) is 7.02. The number of benzene rings is 1. The Morgan fingerprint density at radius 1 is 1.36 bits per heavy atom. The van der Waals surface area contributed by atoms with Crippen LogP contribution in [0.5, 0.6) is 0 Å². The predicted molar refractivity (Wildman–Crippen MR) is 45.1 cm³/mol. The Kier molecular flexibility index (Phi) is 2.64. The lowest BCUT2D eigenvalue weighted by Gasteiger charge is -2.00. The summed E-state index contributed by atoms with van der Waals surface area (Å²) in [5, 5.41) is 0. The van der Waals surface area contributed by atoms with E-state index in [0.717, 1.165) is 18.4 Å². The van der Waals surface area contributed by atoms with Crippen LogP contribution in [-0.2, 0) is 6.42 Å². The largest absolute Gasteiger partial charge is 0.207 e. The third kappa shape index (κ3) is 2.04. The first kappa shape index (κ1) is 8.25. The maximum atomic E-state index is 12.7. The van der Waals surface area contributed by atoms with E-state index in [0.29, 0.717) is 0 Å². The minimum atomic E-state index is -0.107. The van der Waals surface area contributed by atoms with Gasteiger partial charge in [0, 0.05) is 0 Å². The highest BCUT2D eigenvalue weighted by atomic mass is 19.1. The van der Waals surface area contributed by atoms with Gasteiger partial charge in [-0.05, 0) is 30.5 Å². The summed E-state index contributed by atoms with van der Waals surface area (Å²) in [4.78, 5) is 0. The Labute approximate surface area is 67.1 Å². The topological polar surface area (TPSA) is 0 Å². The average Bonchev–Trinajstić information content (AvgIpc) is 1.98. The van der Waals surface area contributed by atoms with Crippen molar-refractivity contribution in [2.24, 2.45) is 0 Å². The molecule has 0 aliphatic carbocycles. The zero-order chi connectivity index (χ0) is 8.27. The second-order valence-electron chi connectivity index (χ2n) is 2.83. The lowest BCUT2D eigenvalue weighted by Crippen LogP contribution is -1.87. The highest BCUT2D eigenvalue weighted by molar-refractivity contribution is 5.23. The normalized spacial score (nSPS) is 10.1. The van der Waals surface area contributed by atoms with Gasteiger partial charge in [-0.1, -0.05) is 25.5 Å². The first-order valence-corrected chi connectivity index (χ1v) is 3.99. The number of hydrogen-bond donors (Lipinski definition) is 0. The van der Waals surface area contributed by atoms with E-state index in [2.05, 4.69) is 6.92 Å². The Morgan fingerprint density at radius 2 is 2.09 bits per heavy atom. The van der Waals surface area contributed by atoms with Gasteiger partial charge < -0.3 is 0 Å². The summed E-state index contributed by atoms with van der Waals surface area (Å²) in [5.41, 5.74) is 1.97. The third-order valence-corrected chi connectivity index (χ3v) is 1.76. The van der Waals surface area contributed by atoms with Gasteiger partial charge in [0.15, 0.2) is 0 Å². The van der Waals surface area contributed by atoms with Gasteiger partial charge in [-0.3, -0.25) is 0 Å². The van der Waals surface area contributed by atoms with E-state index in [1.54, 1.807) is 13.0 Å². The minimum Gasteiger partial charge on any atom is -0.207 e. The highest BCUT2D eigenvalue weighted by Gasteiger charge is 1.96. The van der Waals surface area contributed by atoms with Gasteiger partial charge in [0.1, 0.15) is 5.82 Å². The molecule has 0 fully saturated rings. The van der Waals surface area contributed by atoms with Gasteiger partial charge in [-0.15, -0.1) is 0 Å². The van der Waals surface area contributed by atoms with E-state index < -0.39 is 0 Å². The lowest BCUT2D eigenvalue weighted by molar-refractivity contribution is 0.617. The fourth-order valence-electron chi connectivity index (χ4n) is 1.15. The fourth-order valence-corrected chi connectivity index (χ4v) is 1.15. The van der Waals surface area contributed by atoms with Crippen molar-refractivity contribution in [2.45, 2.75) is 26.7 Å². The Bertz CT molecular complexity index is 241. The lowest BCUT2D eigenvalue weighted by atomic mass is 10.1. The van der Waals surface area contributed by atoms with Crippen molar-refractivity contribution in [1.82, 2.24) is 0 Å². The molecule has 0 aliphatic rings. The van der Waals surface area contributed by atoms with Crippen molar-refractivity contribution < 1.29 is 4.39 Å². The van der Waals surface area contributed by atoms with E-state index in [1.165, 1.54) is 5.56 Å². The van der Waals surface area contributed by atoms with Crippen LogP contribution in [0.3, 0.4) is 0 Å². The van der Waals surface area contributed by atoms with Crippen LogP contribution in [-0.4, -0.2) is 0 Å². The van der Waals surface area contributed by atoms with Gasteiger partial charge in [-0.25, -0.2) is 4.39 Å². The molecular weight excluding hydrogens is 139 g/mol. The Balaban J connectivity index is 2.86. The molecule has 11 heavy (non-hydrogen) atoms. The molecule has 0 unspecified atom stereocenters. The molecule has 1 heteroatoms. The van der Waals surface area contributed by atoms with Gasteiger partial charge in [-0.2, -0.15) is 0 Å². The van der Waals surface area contributed by atoms with Crippen molar-refractivity contribution in [1.29, 1.82) is 0 Å². The molecule has 0 nitrogen and oxygen atoms in total. The molecule has 1 aromatic rings. The molecule has 0 N–H and O–H groups in total. The summed E-state index contributed by atoms with van der Waals surface area (Å²) >= 11 is 0.